The van der Waals surface area contributed by atoms with E-state index in [1.54, 1.807) is 24.2 Å². The fourth-order valence-corrected chi connectivity index (χ4v) is 2.10. The lowest BCUT2D eigenvalue weighted by atomic mass is 10.3. The first kappa shape index (κ1) is 10.9. The molecule has 82 valence electrons. The number of ether oxygens (including phenoxy) is 1. The molecule has 1 aromatic heterocycles. The molecule has 0 bridgehead atoms. The van der Waals surface area contributed by atoms with Crippen LogP contribution in [0.5, 0.6) is 0 Å². The fraction of sp³-hybridized carbons (Fsp3) is 0.600. The molecule has 2 heterocycles. The van der Waals surface area contributed by atoms with Gasteiger partial charge < -0.3 is 10.1 Å². The van der Waals surface area contributed by atoms with Crippen LogP contribution in [-0.4, -0.2) is 35.4 Å². The lowest BCUT2D eigenvalue weighted by Gasteiger charge is -2.10. The van der Waals surface area contributed by atoms with E-state index in [0.717, 1.165) is 30.2 Å². The van der Waals surface area contributed by atoms with Crippen molar-refractivity contribution in [2.45, 2.75) is 24.2 Å². The third-order valence-electron chi connectivity index (χ3n) is 2.40. The third-order valence-corrected chi connectivity index (χ3v) is 3.13. The molecule has 2 rings (SSSR count). The number of thioether (sulfide) groups is 1. The minimum Gasteiger partial charge on any atom is -0.370 e. The van der Waals surface area contributed by atoms with Crippen LogP contribution in [0.4, 0.5) is 0 Å². The molecule has 0 spiro atoms. The molecule has 1 aromatic rings. The molecule has 1 atom stereocenters. The summed E-state index contributed by atoms with van der Waals surface area (Å²) >= 11 is 1.61. The van der Waals surface area contributed by atoms with Crippen LogP contribution in [0.15, 0.2) is 17.4 Å². The van der Waals surface area contributed by atoms with Crippen molar-refractivity contribution < 1.29 is 4.74 Å². The number of hydrogen-bond donors (Lipinski definition) is 1. The molecular weight excluding hydrogens is 210 g/mol. The predicted molar refractivity (Wildman–Crippen MR) is 59.9 cm³/mol. The number of aromatic nitrogens is 2. The first-order valence-corrected chi connectivity index (χ1v) is 6.29. The van der Waals surface area contributed by atoms with Gasteiger partial charge in [-0.15, -0.1) is 11.8 Å². The Bertz CT molecular complexity index is 315. The lowest BCUT2D eigenvalue weighted by molar-refractivity contribution is 0.0506. The molecule has 1 aliphatic heterocycles. The minimum absolute atomic E-state index is 0.335. The average molecular weight is 225 g/mol. The molecule has 0 radical (unpaired) electrons. The topological polar surface area (TPSA) is 47.0 Å². The normalized spacial score (nSPS) is 20.7. The van der Waals surface area contributed by atoms with Crippen LogP contribution >= 0.6 is 11.8 Å². The van der Waals surface area contributed by atoms with Gasteiger partial charge in [0.25, 0.3) is 0 Å². The van der Waals surface area contributed by atoms with E-state index in [2.05, 4.69) is 15.3 Å². The quantitative estimate of drug-likeness (QED) is 0.777. The Morgan fingerprint density at radius 2 is 2.40 bits per heavy atom. The number of nitrogens with zero attached hydrogens (tertiary/aromatic N) is 2. The Morgan fingerprint density at radius 1 is 1.53 bits per heavy atom. The second kappa shape index (κ2) is 5.44. The van der Waals surface area contributed by atoms with E-state index in [-0.39, 0.29) is 0 Å². The van der Waals surface area contributed by atoms with Gasteiger partial charge in [-0.25, -0.2) is 4.98 Å². The summed E-state index contributed by atoms with van der Waals surface area (Å²) in [5.41, 5.74) is 0.942. The van der Waals surface area contributed by atoms with Crippen LogP contribution < -0.4 is 5.32 Å². The van der Waals surface area contributed by atoms with Gasteiger partial charge >= 0.3 is 0 Å². The largest absolute Gasteiger partial charge is 0.370 e. The highest BCUT2D eigenvalue weighted by Gasteiger charge is 2.15. The molecule has 5 heteroatoms. The van der Waals surface area contributed by atoms with Crippen LogP contribution in [0.1, 0.15) is 12.1 Å². The lowest BCUT2D eigenvalue weighted by Crippen LogP contribution is -2.17. The summed E-state index contributed by atoms with van der Waals surface area (Å²) in [6.07, 6.45) is 6.86. The highest BCUT2D eigenvalue weighted by atomic mass is 32.2. The van der Waals surface area contributed by atoms with Gasteiger partial charge in [-0.3, -0.25) is 4.98 Å². The minimum atomic E-state index is 0.335. The molecule has 1 N–H and O–H groups in total. The first-order chi connectivity index (χ1) is 7.40. The van der Waals surface area contributed by atoms with Gasteiger partial charge in [-0.1, -0.05) is 0 Å². The van der Waals surface area contributed by atoms with Crippen LogP contribution in [0.25, 0.3) is 0 Å². The van der Waals surface area contributed by atoms with Crippen molar-refractivity contribution in [1.29, 1.82) is 0 Å². The molecule has 0 saturated carbocycles. The summed E-state index contributed by atoms with van der Waals surface area (Å²) in [6, 6.07) is 0. The molecule has 15 heavy (non-hydrogen) atoms. The zero-order chi connectivity index (χ0) is 10.5. The van der Waals surface area contributed by atoms with Crippen LogP contribution in [0, 0.1) is 0 Å². The van der Waals surface area contributed by atoms with E-state index < -0.39 is 0 Å². The molecular formula is C10H15N3OS. The maximum Gasteiger partial charge on any atom is 0.120 e. The van der Waals surface area contributed by atoms with Gasteiger partial charge in [0.15, 0.2) is 0 Å². The van der Waals surface area contributed by atoms with Gasteiger partial charge in [-0.05, 0) is 19.2 Å². The fourth-order valence-electron chi connectivity index (χ4n) is 1.59. The second-order valence-corrected chi connectivity index (χ2v) is 4.23. The first-order valence-electron chi connectivity index (χ1n) is 5.06. The molecule has 1 fully saturated rings. The maximum absolute atomic E-state index is 5.75. The number of rotatable bonds is 4. The van der Waals surface area contributed by atoms with E-state index in [1.165, 1.54) is 0 Å². The summed E-state index contributed by atoms with van der Waals surface area (Å²) in [5.74, 6) is 0. The van der Waals surface area contributed by atoms with E-state index >= 15 is 0 Å². The summed E-state index contributed by atoms with van der Waals surface area (Å²) in [5, 5.41) is 4.23. The van der Waals surface area contributed by atoms with E-state index in [1.807, 2.05) is 6.26 Å². The van der Waals surface area contributed by atoms with Crippen molar-refractivity contribution >= 4 is 11.8 Å². The highest BCUT2D eigenvalue weighted by Crippen LogP contribution is 2.16. The monoisotopic (exact) mass is 225 g/mol. The van der Waals surface area contributed by atoms with Crippen molar-refractivity contribution in [3.63, 3.8) is 0 Å². The Hall–Kier alpha value is -0.650. The van der Waals surface area contributed by atoms with Crippen molar-refractivity contribution in [3.8, 4) is 0 Å². The van der Waals surface area contributed by atoms with E-state index in [0.29, 0.717) is 12.7 Å². The van der Waals surface area contributed by atoms with Gasteiger partial charge in [0.1, 0.15) is 5.03 Å². The number of nitrogens with one attached hydrogen (secondary N) is 1. The SMILES string of the molecule is CSc1nccnc1CO[C@@H]1CCNC1. The van der Waals surface area contributed by atoms with Crippen molar-refractivity contribution in [2.75, 3.05) is 19.3 Å². The van der Waals surface area contributed by atoms with Gasteiger partial charge in [0, 0.05) is 18.9 Å². The zero-order valence-corrected chi connectivity index (χ0v) is 9.59. The maximum atomic E-state index is 5.75. The Kier molecular flexibility index (Phi) is 3.94. The van der Waals surface area contributed by atoms with Crippen LogP contribution in [-0.2, 0) is 11.3 Å². The van der Waals surface area contributed by atoms with Crippen molar-refractivity contribution in [1.82, 2.24) is 15.3 Å². The summed E-state index contributed by atoms with van der Waals surface area (Å²) in [4.78, 5) is 8.53. The van der Waals surface area contributed by atoms with Crippen LogP contribution in [0.2, 0.25) is 0 Å². The molecule has 1 aliphatic rings. The predicted octanol–water partition coefficient (Wildman–Crippen LogP) is 1.08. The van der Waals surface area contributed by atoms with E-state index in [4.69, 9.17) is 4.74 Å². The molecule has 4 nitrogen and oxygen atoms in total. The average Bonchev–Trinajstić information content (AvgIpc) is 2.79. The summed E-state index contributed by atoms with van der Waals surface area (Å²) in [7, 11) is 0. The Balaban J connectivity index is 1.91. The molecule has 0 aromatic carbocycles. The molecule has 0 amide bonds. The second-order valence-electron chi connectivity index (χ2n) is 3.44. The van der Waals surface area contributed by atoms with E-state index in [9.17, 15) is 0 Å². The van der Waals surface area contributed by atoms with Crippen molar-refractivity contribution in [3.05, 3.63) is 18.1 Å². The number of hydrogen-bond acceptors (Lipinski definition) is 5. The third kappa shape index (κ3) is 2.90. The molecule has 1 saturated heterocycles. The summed E-state index contributed by atoms with van der Waals surface area (Å²) in [6.45, 7) is 2.58. The van der Waals surface area contributed by atoms with Gasteiger partial charge in [-0.2, -0.15) is 0 Å². The van der Waals surface area contributed by atoms with Crippen LogP contribution in [0.3, 0.4) is 0 Å². The van der Waals surface area contributed by atoms with Crippen molar-refractivity contribution in [2.24, 2.45) is 0 Å². The standard InChI is InChI=1S/C10H15N3OS/c1-15-10-9(12-4-5-13-10)7-14-8-2-3-11-6-8/h4-5,8,11H,2-3,6-7H2,1H3/t8-/m1/s1. The molecule has 0 unspecified atom stereocenters. The Labute approximate surface area is 93.8 Å². The summed E-state index contributed by atoms with van der Waals surface area (Å²) < 4.78 is 5.75. The highest BCUT2D eigenvalue weighted by molar-refractivity contribution is 7.98. The Morgan fingerprint density at radius 3 is 3.13 bits per heavy atom. The van der Waals surface area contributed by atoms with Gasteiger partial charge in [0.05, 0.1) is 18.4 Å². The smallest absolute Gasteiger partial charge is 0.120 e. The molecule has 0 aliphatic carbocycles. The zero-order valence-electron chi connectivity index (χ0n) is 8.77. The van der Waals surface area contributed by atoms with Gasteiger partial charge in [0.2, 0.25) is 0 Å².